The van der Waals surface area contributed by atoms with Gasteiger partial charge in [0.05, 0.1) is 37.3 Å². The lowest BCUT2D eigenvalue weighted by molar-refractivity contribution is -0.148. The molecule has 0 unspecified atom stereocenters. The van der Waals surface area contributed by atoms with Gasteiger partial charge in [-0.2, -0.15) is 26.3 Å². The van der Waals surface area contributed by atoms with E-state index in [0.717, 1.165) is 14.0 Å². The van der Waals surface area contributed by atoms with Gasteiger partial charge in [0, 0.05) is 31.7 Å². The smallest absolute Gasteiger partial charge is 0.449 e. The molecule has 0 atom stereocenters. The van der Waals surface area contributed by atoms with Crippen LogP contribution in [0, 0.1) is 0 Å². The van der Waals surface area contributed by atoms with Crippen LogP contribution in [0.3, 0.4) is 0 Å². The minimum absolute atomic E-state index is 0.0220. The number of carbonyl (C=O) groups excluding carboxylic acids is 1. The molecule has 2 amide bonds. The number of aromatic nitrogens is 4. The van der Waals surface area contributed by atoms with Crippen LogP contribution >= 0.6 is 15.9 Å². The molecule has 0 aliphatic carbocycles. The van der Waals surface area contributed by atoms with Gasteiger partial charge in [-0.3, -0.25) is 0 Å². The number of ether oxygens (including phenoxy) is 2. The van der Waals surface area contributed by atoms with E-state index in [1.54, 1.807) is 45.0 Å². The molecule has 3 aromatic rings. The van der Waals surface area contributed by atoms with Crippen LogP contribution in [-0.4, -0.2) is 72.0 Å². The highest BCUT2D eigenvalue weighted by Gasteiger charge is 2.42. The highest BCUT2D eigenvalue weighted by atomic mass is 79.9. The second-order valence-corrected chi connectivity index (χ2v) is 11.8. The van der Waals surface area contributed by atoms with E-state index < -0.39 is 41.8 Å². The molecule has 1 N–H and O–H groups in total. The van der Waals surface area contributed by atoms with E-state index in [9.17, 15) is 35.9 Å². The van der Waals surface area contributed by atoms with Gasteiger partial charge in [-0.1, -0.05) is 12.1 Å². The second-order valence-electron chi connectivity index (χ2n) is 11.0. The first-order valence-electron chi connectivity index (χ1n) is 13.4. The van der Waals surface area contributed by atoms with Gasteiger partial charge in [0.2, 0.25) is 11.6 Å². The van der Waals surface area contributed by atoms with Crippen molar-refractivity contribution in [2.24, 2.45) is 0 Å². The summed E-state index contributed by atoms with van der Waals surface area (Å²) in [6.45, 7) is 5.13. The Hall–Kier alpha value is -3.96. The highest BCUT2D eigenvalue weighted by molar-refractivity contribution is 9.10. The van der Waals surface area contributed by atoms with Crippen molar-refractivity contribution in [1.82, 2.24) is 28.9 Å². The fraction of sp³-hybridized carbons (Fsp3) is 0.481. The summed E-state index contributed by atoms with van der Waals surface area (Å²) in [5, 5.41) is 8.78. The summed E-state index contributed by atoms with van der Waals surface area (Å²) < 4.78 is 91.3. The average Bonchev–Trinajstić information content (AvgIpc) is 3.50. The topological polar surface area (TPSA) is 115 Å². The zero-order valence-corrected chi connectivity index (χ0v) is 26.0. The number of rotatable bonds is 2. The van der Waals surface area contributed by atoms with Crippen LogP contribution < -0.4 is 4.74 Å². The van der Waals surface area contributed by atoms with Crippen molar-refractivity contribution in [2.45, 2.75) is 64.9 Å². The summed E-state index contributed by atoms with van der Waals surface area (Å²) in [5.74, 6) is -1.57. The standard InChI is InChI=1S/C19H22F3N3O3.C8H7BrF3N3O2/c1-18(2,3)28-17(26)24-9-10-25-13(11-24)15(23-16(25)19(20,21)22)12-7-5-6-8-14(12)27-4;9-5-4-3-14(7(16)17)1-2-15(4)6(13-5)8(10,11)12/h5-8H,9-11H2,1-4H3;1-3H2,(H,16,17). The van der Waals surface area contributed by atoms with Gasteiger partial charge in [0.25, 0.3) is 0 Å². The first-order chi connectivity index (χ1) is 20.8. The van der Waals surface area contributed by atoms with Gasteiger partial charge in [-0.25, -0.2) is 19.6 Å². The van der Waals surface area contributed by atoms with Crippen molar-refractivity contribution in [3.63, 3.8) is 0 Å². The maximum absolute atomic E-state index is 13.5. The van der Waals surface area contributed by atoms with Gasteiger partial charge in [0.15, 0.2) is 0 Å². The van der Waals surface area contributed by atoms with Crippen LogP contribution in [0.4, 0.5) is 35.9 Å². The molecule has 4 heterocycles. The molecule has 5 rings (SSSR count). The van der Waals surface area contributed by atoms with E-state index in [1.165, 1.54) is 12.0 Å². The third kappa shape index (κ3) is 7.48. The fourth-order valence-electron chi connectivity index (χ4n) is 4.83. The third-order valence-electron chi connectivity index (χ3n) is 6.76. The Morgan fingerprint density at radius 2 is 1.38 bits per heavy atom. The van der Waals surface area contributed by atoms with Crippen LogP contribution in [0.25, 0.3) is 11.3 Å². The van der Waals surface area contributed by atoms with E-state index in [-0.39, 0.29) is 55.3 Å². The van der Waals surface area contributed by atoms with Gasteiger partial charge in [0.1, 0.15) is 16.0 Å². The van der Waals surface area contributed by atoms with Gasteiger partial charge in [-0.05, 0) is 48.8 Å². The predicted octanol–water partition coefficient (Wildman–Crippen LogP) is 6.49. The number of hydrogen-bond donors (Lipinski definition) is 1. The Kier molecular flexibility index (Phi) is 9.38. The molecule has 11 nitrogen and oxygen atoms in total. The molecule has 0 radical (unpaired) electrons. The lowest BCUT2D eigenvalue weighted by atomic mass is 10.1. The number of imidazole rings is 2. The lowest BCUT2D eigenvalue weighted by Gasteiger charge is -2.31. The molecular weight excluding hydrogens is 682 g/mol. The Labute approximate surface area is 261 Å². The number of nitrogens with zero attached hydrogens (tertiary/aromatic N) is 6. The van der Waals surface area contributed by atoms with Crippen molar-refractivity contribution in [1.29, 1.82) is 0 Å². The molecule has 2 aliphatic rings. The van der Waals surface area contributed by atoms with E-state index in [0.29, 0.717) is 17.0 Å². The number of benzene rings is 1. The van der Waals surface area contributed by atoms with Gasteiger partial charge < -0.3 is 33.5 Å². The van der Waals surface area contributed by atoms with Crippen LogP contribution in [0.1, 0.15) is 43.8 Å². The number of amides is 2. The van der Waals surface area contributed by atoms with Crippen LogP contribution in [0.2, 0.25) is 0 Å². The zero-order valence-electron chi connectivity index (χ0n) is 24.5. The van der Waals surface area contributed by atoms with Gasteiger partial charge in [-0.15, -0.1) is 0 Å². The molecule has 45 heavy (non-hydrogen) atoms. The molecule has 0 spiro atoms. The molecule has 0 fully saturated rings. The quantitative estimate of drug-likeness (QED) is 0.303. The number of para-hydroxylation sites is 1. The second kappa shape index (κ2) is 12.4. The normalized spacial score (nSPS) is 15.1. The minimum atomic E-state index is -4.61. The van der Waals surface area contributed by atoms with Crippen LogP contribution in [-0.2, 0) is 43.3 Å². The van der Waals surface area contributed by atoms with Crippen LogP contribution in [0.5, 0.6) is 5.75 Å². The summed E-state index contributed by atoms with van der Waals surface area (Å²) in [6, 6.07) is 6.73. The fourth-order valence-corrected chi connectivity index (χ4v) is 5.34. The molecule has 246 valence electrons. The SMILES string of the molecule is COc1ccccc1-c1nc(C(F)(F)F)n2c1CN(C(=O)OC(C)(C)C)CC2.O=C(O)N1CCn2c(C(F)(F)F)nc(Br)c2C1. The maximum atomic E-state index is 13.5. The van der Waals surface area contributed by atoms with E-state index in [4.69, 9.17) is 14.6 Å². The van der Waals surface area contributed by atoms with Crippen molar-refractivity contribution < 1.29 is 50.5 Å². The molecule has 0 saturated carbocycles. The minimum Gasteiger partial charge on any atom is -0.496 e. The van der Waals surface area contributed by atoms with E-state index >= 15 is 0 Å². The Morgan fingerprint density at radius 3 is 1.93 bits per heavy atom. The number of methoxy groups -OCH3 is 1. The number of hydrogen-bond acceptors (Lipinski definition) is 6. The Bertz CT molecular complexity index is 1580. The number of fused-ring (bicyclic) bond motifs is 2. The number of alkyl halides is 6. The van der Waals surface area contributed by atoms with Crippen molar-refractivity contribution >= 4 is 28.1 Å². The molecule has 0 saturated heterocycles. The molecular formula is C27H29BrF6N6O5. The molecule has 0 bridgehead atoms. The average molecular weight is 711 g/mol. The first-order valence-corrected chi connectivity index (χ1v) is 14.2. The summed E-state index contributed by atoms with van der Waals surface area (Å²) in [7, 11) is 1.44. The van der Waals surface area contributed by atoms with Gasteiger partial charge >= 0.3 is 24.5 Å². The largest absolute Gasteiger partial charge is 0.496 e. The summed E-state index contributed by atoms with van der Waals surface area (Å²) in [5.41, 5.74) is 0.422. The third-order valence-corrected chi connectivity index (χ3v) is 7.39. The van der Waals surface area contributed by atoms with Crippen LogP contribution in [0.15, 0.2) is 28.9 Å². The summed E-state index contributed by atoms with van der Waals surface area (Å²) >= 11 is 2.92. The summed E-state index contributed by atoms with van der Waals surface area (Å²) in [6.07, 6.45) is -10.9. The molecule has 2 aromatic heterocycles. The Balaban J connectivity index is 0.000000231. The zero-order chi connectivity index (χ0) is 33.5. The molecule has 1 aromatic carbocycles. The predicted molar refractivity (Wildman–Crippen MR) is 149 cm³/mol. The van der Waals surface area contributed by atoms with Crippen molar-refractivity contribution in [2.75, 3.05) is 20.2 Å². The van der Waals surface area contributed by atoms with Crippen molar-refractivity contribution in [3.8, 4) is 17.0 Å². The molecule has 2 aliphatic heterocycles. The van der Waals surface area contributed by atoms with Crippen molar-refractivity contribution in [3.05, 3.63) is 51.9 Å². The number of carboxylic acid groups (broad SMARTS) is 1. The molecule has 18 heteroatoms. The first kappa shape index (κ1) is 33.9. The summed E-state index contributed by atoms with van der Waals surface area (Å²) in [4.78, 5) is 32.9. The highest BCUT2D eigenvalue weighted by Crippen LogP contribution is 2.39. The Morgan fingerprint density at radius 1 is 0.844 bits per heavy atom. The maximum Gasteiger partial charge on any atom is 0.449 e. The van der Waals surface area contributed by atoms with E-state index in [2.05, 4.69) is 25.9 Å². The number of halogens is 7. The number of carbonyl (C=O) groups is 2. The monoisotopic (exact) mass is 710 g/mol. The lowest BCUT2D eigenvalue weighted by Crippen LogP contribution is -2.42. The van der Waals surface area contributed by atoms with E-state index in [1.807, 2.05) is 0 Å².